The van der Waals surface area contributed by atoms with Gasteiger partial charge < -0.3 is 14.2 Å². The van der Waals surface area contributed by atoms with Crippen molar-refractivity contribution in [1.82, 2.24) is 0 Å². The molecule has 0 radical (unpaired) electrons. The highest BCUT2D eigenvalue weighted by Crippen LogP contribution is 1.91. The van der Waals surface area contributed by atoms with Crippen molar-refractivity contribution in [2.75, 3.05) is 34.5 Å². The molecule has 114 valence electrons. The summed E-state index contributed by atoms with van der Waals surface area (Å²) in [5.74, 6) is 0. The van der Waals surface area contributed by atoms with Gasteiger partial charge in [-0.05, 0) is 26.2 Å². The van der Waals surface area contributed by atoms with Gasteiger partial charge in [0.2, 0.25) is 0 Å². The molecule has 0 aromatic heterocycles. The van der Waals surface area contributed by atoms with Crippen LogP contribution in [0.4, 0.5) is 0 Å². The van der Waals surface area contributed by atoms with Crippen molar-refractivity contribution in [1.29, 1.82) is 0 Å². The van der Waals surface area contributed by atoms with Crippen LogP contribution in [0.1, 0.15) is 59.8 Å². The summed E-state index contributed by atoms with van der Waals surface area (Å²) < 4.78 is 14.4. The van der Waals surface area contributed by atoms with Gasteiger partial charge in [0.1, 0.15) is 0 Å². The molecule has 18 heavy (non-hydrogen) atoms. The standard InChI is InChI=1S/C6H14O.C5H12O.C4H10O/c1-3-4-5-6-7-2;1-4-5(2)6-3;1-3-4-5-2/h3-6H2,1-2H3;5H,4H2,1-3H3;3-4H2,1-2H3. The first-order valence-corrected chi connectivity index (χ1v) is 7.14. The van der Waals surface area contributed by atoms with Gasteiger partial charge in [-0.25, -0.2) is 0 Å². The van der Waals surface area contributed by atoms with E-state index < -0.39 is 0 Å². The second kappa shape index (κ2) is 25.7. The molecule has 0 spiro atoms. The molecule has 1 atom stereocenters. The first-order valence-electron chi connectivity index (χ1n) is 7.14. The number of hydrogen-bond donors (Lipinski definition) is 0. The zero-order valence-electron chi connectivity index (χ0n) is 13.8. The molecule has 0 saturated carbocycles. The fraction of sp³-hybridized carbons (Fsp3) is 1.00. The van der Waals surface area contributed by atoms with E-state index in [0.717, 1.165) is 26.1 Å². The van der Waals surface area contributed by atoms with E-state index in [1.165, 1.54) is 19.3 Å². The van der Waals surface area contributed by atoms with E-state index in [2.05, 4.69) is 27.7 Å². The van der Waals surface area contributed by atoms with Crippen LogP contribution in [-0.2, 0) is 14.2 Å². The molecule has 0 aliphatic heterocycles. The van der Waals surface area contributed by atoms with E-state index >= 15 is 0 Å². The zero-order valence-corrected chi connectivity index (χ0v) is 13.8. The van der Waals surface area contributed by atoms with Gasteiger partial charge in [-0.2, -0.15) is 0 Å². The van der Waals surface area contributed by atoms with Gasteiger partial charge in [0, 0.05) is 34.5 Å². The van der Waals surface area contributed by atoms with Crippen LogP contribution in [0.25, 0.3) is 0 Å². The first-order chi connectivity index (χ1) is 8.64. The molecule has 0 saturated heterocycles. The molecule has 3 nitrogen and oxygen atoms in total. The number of ether oxygens (including phenoxy) is 3. The predicted octanol–water partition coefficient (Wildman–Crippen LogP) is 4.30. The SMILES string of the molecule is CCC(C)OC.CCCCCOC.CCCOC. The minimum atomic E-state index is 0.435. The van der Waals surface area contributed by atoms with E-state index in [4.69, 9.17) is 14.2 Å². The number of rotatable bonds is 8. The molecular weight excluding hydrogens is 228 g/mol. The first kappa shape index (κ1) is 23.0. The topological polar surface area (TPSA) is 27.7 Å². The average molecular weight is 264 g/mol. The average Bonchev–Trinajstić information content (AvgIpc) is 2.41. The lowest BCUT2D eigenvalue weighted by Crippen LogP contribution is -2.00. The Bertz CT molecular complexity index is 97.9. The van der Waals surface area contributed by atoms with Crippen LogP contribution < -0.4 is 0 Å². The highest BCUT2D eigenvalue weighted by Gasteiger charge is 1.88. The Morgan fingerprint density at radius 2 is 1.33 bits per heavy atom. The van der Waals surface area contributed by atoms with Crippen LogP contribution in [0, 0.1) is 0 Å². The Morgan fingerprint density at radius 3 is 1.50 bits per heavy atom. The molecule has 3 heteroatoms. The lowest BCUT2D eigenvalue weighted by atomic mass is 10.3. The summed E-state index contributed by atoms with van der Waals surface area (Å²) in [6, 6.07) is 0. The lowest BCUT2D eigenvalue weighted by molar-refractivity contribution is 0.115. The summed E-state index contributed by atoms with van der Waals surface area (Å²) in [5.41, 5.74) is 0. The van der Waals surface area contributed by atoms with Gasteiger partial charge in [-0.15, -0.1) is 0 Å². The third kappa shape index (κ3) is 36.0. The van der Waals surface area contributed by atoms with Gasteiger partial charge in [0.15, 0.2) is 0 Å². The van der Waals surface area contributed by atoms with E-state index in [1.54, 1.807) is 21.3 Å². The Kier molecular flexibility index (Phi) is 32.8. The zero-order chi connectivity index (χ0) is 14.6. The summed E-state index contributed by atoms with van der Waals surface area (Å²) >= 11 is 0. The summed E-state index contributed by atoms with van der Waals surface area (Å²) in [5, 5.41) is 0. The van der Waals surface area contributed by atoms with Crippen molar-refractivity contribution in [2.45, 2.75) is 65.9 Å². The van der Waals surface area contributed by atoms with E-state index in [1.807, 2.05) is 0 Å². The van der Waals surface area contributed by atoms with Gasteiger partial charge in [0.05, 0.1) is 6.10 Å². The maximum absolute atomic E-state index is 4.90. The maximum Gasteiger partial charge on any atom is 0.0540 e. The van der Waals surface area contributed by atoms with Crippen molar-refractivity contribution < 1.29 is 14.2 Å². The molecular formula is C15H36O3. The molecule has 0 aromatic carbocycles. The van der Waals surface area contributed by atoms with Crippen molar-refractivity contribution in [2.24, 2.45) is 0 Å². The van der Waals surface area contributed by atoms with Gasteiger partial charge in [-0.1, -0.05) is 33.6 Å². The molecule has 0 aliphatic carbocycles. The minimum Gasteiger partial charge on any atom is -0.385 e. The van der Waals surface area contributed by atoms with Crippen LogP contribution in [0.15, 0.2) is 0 Å². The molecule has 0 rings (SSSR count). The van der Waals surface area contributed by atoms with Gasteiger partial charge >= 0.3 is 0 Å². The molecule has 0 heterocycles. The second-order valence-corrected chi connectivity index (χ2v) is 4.15. The van der Waals surface area contributed by atoms with Crippen LogP contribution in [0.3, 0.4) is 0 Å². The molecule has 0 aromatic rings. The Hall–Kier alpha value is -0.120. The van der Waals surface area contributed by atoms with Crippen LogP contribution in [0.2, 0.25) is 0 Å². The Morgan fingerprint density at radius 1 is 0.778 bits per heavy atom. The Balaban J connectivity index is -0.000000190. The van der Waals surface area contributed by atoms with Crippen LogP contribution >= 0.6 is 0 Å². The summed E-state index contributed by atoms with van der Waals surface area (Å²) in [4.78, 5) is 0. The fourth-order valence-electron chi connectivity index (χ4n) is 0.867. The molecule has 0 N–H and O–H groups in total. The normalized spacial score (nSPS) is 10.8. The quantitative estimate of drug-likeness (QED) is 0.612. The highest BCUT2D eigenvalue weighted by molar-refractivity contribution is 4.38. The van der Waals surface area contributed by atoms with Crippen LogP contribution in [-0.4, -0.2) is 40.6 Å². The second-order valence-electron chi connectivity index (χ2n) is 4.15. The molecule has 0 amide bonds. The predicted molar refractivity (Wildman–Crippen MR) is 80.3 cm³/mol. The summed E-state index contributed by atoms with van der Waals surface area (Å²) in [6.45, 7) is 10.3. The van der Waals surface area contributed by atoms with Crippen molar-refractivity contribution in [3.63, 3.8) is 0 Å². The molecule has 0 bridgehead atoms. The van der Waals surface area contributed by atoms with Crippen molar-refractivity contribution in [3.8, 4) is 0 Å². The van der Waals surface area contributed by atoms with E-state index in [0.29, 0.717) is 6.10 Å². The van der Waals surface area contributed by atoms with Crippen molar-refractivity contribution in [3.05, 3.63) is 0 Å². The van der Waals surface area contributed by atoms with Crippen LogP contribution in [0.5, 0.6) is 0 Å². The lowest BCUT2D eigenvalue weighted by Gasteiger charge is -2.01. The van der Waals surface area contributed by atoms with Gasteiger partial charge in [0.25, 0.3) is 0 Å². The third-order valence-corrected chi connectivity index (χ3v) is 2.34. The third-order valence-electron chi connectivity index (χ3n) is 2.34. The molecule has 0 fully saturated rings. The van der Waals surface area contributed by atoms with E-state index in [-0.39, 0.29) is 0 Å². The maximum atomic E-state index is 4.90. The van der Waals surface area contributed by atoms with Gasteiger partial charge in [-0.3, -0.25) is 0 Å². The largest absolute Gasteiger partial charge is 0.385 e. The summed E-state index contributed by atoms with van der Waals surface area (Å²) in [7, 11) is 5.19. The van der Waals surface area contributed by atoms with E-state index in [9.17, 15) is 0 Å². The minimum absolute atomic E-state index is 0.435. The molecule has 0 aliphatic rings. The molecule has 1 unspecified atom stereocenters. The monoisotopic (exact) mass is 264 g/mol. The summed E-state index contributed by atoms with van der Waals surface area (Å²) in [6.07, 6.45) is 6.46. The highest BCUT2D eigenvalue weighted by atomic mass is 16.5. The number of hydrogen-bond acceptors (Lipinski definition) is 3. The number of methoxy groups -OCH3 is 3. The smallest absolute Gasteiger partial charge is 0.0540 e. The van der Waals surface area contributed by atoms with Crippen molar-refractivity contribution >= 4 is 0 Å². The number of unbranched alkanes of at least 4 members (excludes halogenated alkanes) is 2. The Labute approximate surface area is 115 Å². The fourth-order valence-corrected chi connectivity index (χ4v) is 0.867.